The van der Waals surface area contributed by atoms with Gasteiger partial charge in [0.2, 0.25) is 5.91 Å². The highest BCUT2D eigenvalue weighted by Gasteiger charge is 2.11. The van der Waals surface area contributed by atoms with E-state index in [0.717, 1.165) is 11.1 Å². The molecule has 1 N–H and O–H groups in total. The lowest BCUT2D eigenvalue weighted by Crippen LogP contribution is -2.19. The summed E-state index contributed by atoms with van der Waals surface area (Å²) in [4.78, 5) is 35.2. The van der Waals surface area contributed by atoms with E-state index in [-0.39, 0.29) is 24.9 Å². The van der Waals surface area contributed by atoms with Crippen molar-refractivity contribution in [2.24, 2.45) is 0 Å². The Labute approximate surface area is 158 Å². The van der Waals surface area contributed by atoms with Crippen molar-refractivity contribution in [1.29, 1.82) is 0 Å². The van der Waals surface area contributed by atoms with Crippen LogP contribution in [0.15, 0.2) is 42.5 Å². The van der Waals surface area contributed by atoms with Crippen molar-refractivity contribution in [3.63, 3.8) is 0 Å². The first kappa shape index (κ1) is 20.2. The summed E-state index contributed by atoms with van der Waals surface area (Å²) in [6.45, 7) is 5.00. The Morgan fingerprint density at radius 3 is 2.15 bits per heavy atom. The van der Waals surface area contributed by atoms with Crippen molar-refractivity contribution in [3.05, 3.63) is 59.2 Å². The molecule has 142 valence electrons. The SMILES string of the molecule is CCC(=O)Nc1ccc(C(=O)COC(=O)COc2cc(C)cc(C)c2)cc1. The number of anilines is 1. The Morgan fingerprint density at radius 2 is 1.56 bits per heavy atom. The molecule has 0 bridgehead atoms. The highest BCUT2D eigenvalue weighted by Crippen LogP contribution is 2.16. The van der Waals surface area contributed by atoms with E-state index in [2.05, 4.69) is 5.32 Å². The molecule has 0 unspecified atom stereocenters. The van der Waals surface area contributed by atoms with Gasteiger partial charge in [-0.15, -0.1) is 0 Å². The van der Waals surface area contributed by atoms with Gasteiger partial charge in [0.25, 0.3) is 0 Å². The van der Waals surface area contributed by atoms with Crippen LogP contribution in [0.5, 0.6) is 5.75 Å². The Kier molecular flexibility index (Phi) is 7.11. The van der Waals surface area contributed by atoms with Crippen molar-refractivity contribution < 1.29 is 23.9 Å². The summed E-state index contributed by atoms with van der Waals surface area (Å²) in [7, 11) is 0. The third kappa shape index (κ3) is 6.58. The predicted molar refractivity (Wildman–Crippen MR) is 102 cm³/mol. The smallest absolute Gasteiger partial charge is 0.344 e. The molecule has 2 aromatic rings. The summed E-state index contributed by atoms with van der Waals surface area (Å²) < 4.78 is 10.4. The van der Waals surface area contributed by atoms with E-state index in [4.69, 9.17) is 9.47 Å². The molecule has 1 amide bonds. The second-order valence-corrected chi connectivity index (χ2v) is 6.18. The van der Waals surface area contributed by atoms with Crippen LogP contribution in [0.3, 0.4) is 0 Å². The first-order chi connectivity index (χ1) is 12.9. The van der Waals surface area contributed by atoms with Crippen LogP contribution in [0.1, 0.15) is 34.8 Å². The topological polar surface area (TPSA) is 81.7 Å². The van der Waals surface area contributed by atoms with Crippen LogP contribution in [0, 0.1) is 13.8 Å². The van der Waals surface area contributed by atoms with Crippen LogP contribution in [-0.4, -0.2) is 30.9 Å². The van der Waals surface area contributed by atoms with Crippen molar-refractivity contribution in [1.82, 2.24) is 0 Å². The number of aryl methyl sites for hydroxylation is 2. The molecule has 0 aliphatic carbocycles. The number of hydrogen-bond acceptors (Lipinski definition) is 5. The fraction of sp³-hybridized carbons (Fsp3) is 0.286. The number of amides is 1. The number of carbonyl (C=O) groups excluding carboxylic acids is 3. The second kappa shape index (κ2) is 9.52. The maximum absolute atomic E-state index is 12.1. The van der Waals surface area contributed by atoms with Crippen LogP contribution < -0.4 is 10.1 Å². The number of hydrogen-bond donors (Lipinski definition) is 1. The number of Topliss-reactive ketones (excluding diaryl/α,β-unsaturated/α-hetero) is 1. The number of benzene rings is 2. The second-order valence-electron chi connectivity index (χ2n) is 6.18. The minimum absolute atomic E-state index is 0.105. The molecule has 0 saturated carbocycles. The van der Waals surface area contributed by atoms with Crippen LogP contribution in [0.2, 0.25) is 0 Å². The van der Waals surface area contributed by atoms with Gasteiger partial charge in [0.05, 0.1) is 0 Å². The van der Waals surface area contributed by atoms with Gasteiger partial charge in [0, 0.05) is 17.7 Å². The molecular formula is C21H23NO5. The molecule has 0 atom stereocenters. The number of rotatable bonds is 8. The minimum atomic E-state index is -0.616. The Balaban J connectivity index is 1.80. The Hall–Kier alpha value is -3.15. The first-order valence-electron chi connectivity index (χ1n) is 8.67. The van der Waals surface area contributed by atoms with Gasteiger partial charge in [-0.25, -0.2) is 4.79 Å². The summed E-state index contributed by atoms with van der Waals surface area (Å²) in [5, 5.41) is 2.70. The van der Waals surface area contributed by atoms with Gasteiger partial charge in [-0.05, 0) is 61.4 Å². The number of ether oxygens (including phenoxy) is 2. The Bertz CT molecular complexity index is 807. The molecule has 0 heterocycles. The highest BCUT2D eigenvalue weighted by molar-refractivity contribution is 5.98. The van der Waals surface area contributed by atoms with E-state index < -0.39 is 5.97 Å². The fourth-order valence-corrected chi connectivity index (χ4v) is 2.42. The van der Waals surface area contributed by atoms with Gasteiger partial charge in [0.1, 0.15) is 5.75 Å². The van der Waals surface area contributed by atoms with E-state index in [1.165, 1.54) is 0 Å². The molecule has 0 aliphatic rings. The predicted octanol–water partition coefficient (Wildman–Crippen LogP) is 3.46. The Morgan fingerprint density at radius 1 is 0.926 bits per heavy atom. The maximum atomic E-state index is 12.1. The van der Waals surface area contributed by atoms with Crippen molar-refractivity contribution in [2.75, 3.05) is 18.5 Å². The first-order valence-corrected chi connectivity index (χ1v) is 8.67. The zero-order valence-electron chi connectivity index (χ0n) is 15.7. The van der Waals surface area contributed by atoms with E-state index in [0.29, 0.717) is 23.4 Å². The summed E-state index contributed by atoms with van der Waals surface area (Å²) in [6, 6.07) is 12.1. The molecule has 0 saturated heterocycles. The van der Waals surface area contributed by atoms with Gasteiger partial charge in [-0.1, -0.05) is 13.0 Å². The molecule has 27 heavy (non-hydrogen) atoms. The summed E-state index contributed by atoms with van der Waals surface area (Å²) >= 11 is 0. The van der Waals surface area contributed by atoms with Crippen molar-refractivity contribution in [3.8, 4) is 5.75 Å². The lowest BCUT2D eigenvalue weighted by atomic mass is 10.1. The third-order valence-electron chi connectivity index (χ3n) is 3.73. The summed E-state index contributed by atoms with van der Waals surface area (Å²) in [6.07, 6.45) is 0.376. The van der Waals surface area contributed by atoms with Gasteiger partial charge in [-0.3, -0.25) is 9.59 Å². The number of ketones is 1. The maximum Gasteiger partial charge on any atom is 0.344 e. The fourth-order valence-electron chi connectivity index (χ4n) is 2.42. The molecule has 0 aromatic heterocycles. The zero-order chi connectivity index (χ0) is 19.8. The normalized spacial score (nSPS) is 10.2. The van der Waals surface area contributed by atoms with Gasteiger partial charge >= 0.3 is 5.97 Å². The summed E-state index contributed by atoms with van der Waals surface area (Å²) in [5.74, 6) is -0.468. The van der Waals surface area contributed by atoms with E-state index in [1.54, 1.807) is 31.2 Å². The van der Waals surface area contributed by atoms with Crippen molar-refractivity contribution in [2.45, 2.75) is 27.2 Å². The highest BCUT2D eigenvalue weighted by atomic mass is 16.6. The molecular weight excluding hydrogens is 346 g/mol. The minimum Gasteiger partial charge on any atom is -0.482 e. The zero-order valence-corrected chi connectivity index (χ0v) is 15.7. The molecule has 0 aliphatic heterocycles. The van der Waals surface area contributed by atoms with E-state index in [1.807, 2.05) is 32.0 Å². The van der Waals surface area contributed by atoms with E-state index in [9.17, 15) is 14.4 Å². The number of esters is 1. The van der Waals surface area contributed by atoms with Gasteiger partial charge < -0.3 is 14.8 Å². The average Bonchev–Trinajstić information content (AvgIpc) is 2.64. The molecule has 0 radical (unpaired) electrons. The standard InChI is InChI=1S/C21H23NO5/c1-4-20(24)22-17-7-5-16(6-8-17)19(23)12-27-21(25)13-26-18-10-14(2)9-15(3)11-18/h5-11H,4,12-13H2,1-3H3,(H,22,24). The van der Waals surface area contributed by atoms with Crippen molar-refractivity contribution >= 4 is 23.3 Å². The quantitative estimate of drug-likeness (QED) is 0.569. The molecule has 6 heteroatoms. The van der Waals surface area contributed by atoms with Crippen LogP contribution in [-0.2, 0) is 14.3 Å². The lowest BCUT2D eigenvalue weighted by Gasteiger charge is -2.09. The molecule has 0 fully saturated rings. The monoisotopic (exact) mass is 369 g/mol. The van der Waals surface area contributed by atoms with Crippen LogP contribution >= 0.6 is 0 Å². The average molecular weight is 369 g/mol. The summed E-state index contributed by atoms with van der Waals surface area (Å²) in [5.41, 5.74) is 3.07. The number of carbonyl (C=O) groups is 3. The number of nitrogens with one attached hydrogen (secondary N) is 1. The largest absolute Gasteiger partial charge is 0.482 e. The third-order valence-corrected chi connectivity index (χ3v) is 3.73. The van der Waals surface area contributed by atoms with E-state index >= 15 is 0 Å². The molecule has 2 rings (SSSR count). The van der Waals surface area contributed by atoms with Crippen LogP contribution in [0.25, 0.3) is 0 Å². The van der Waals surface area contributed by atoms with Gasteiger partial charge in [-0.2, -0.15) is 0 Å². The molecule has 0 spiro atoms. The van der Waals surface area contributed by atoms with Crippen LogP contribution in [0.4, 0.5) is 5.69 Å². The molecule has 6 nitrogen and oxygen atoms in total. The van der Waals surface area contributed by atoms with Gasteiger partial charge in [0.15, 0.2) is 19.0 Å². The molecule has 2 aromatic carbocycles. The lowest BCUT2D eigenvalue weighted by molar-refractivity contribution is -0.144.